The highest BCUT2D eigenvalue weighted by Gasteiger charge is 2.22. The molecule has 1 aliphatic rings. The summed E-state index contributed by atoms with van der Waals surface area (Å²) in [5, 5.41) is 17.0. The molecule has 0 unspecified atom stereocenters. The summed E-state index contributed by atoms with van der Waals surface area (Å²) in [5.74, 6) is 0.900. The zero-order chi connectivity index (χ0) is 14.8. The lowest BCUT2D eigenvalue weighted by atomic mass is 10.2. The second-order valence-electron chi connectivity index (χ2n) is 5.20. The van der Waals surface area contributed by atoms with Gasteiger partial charge < -0.3 is 5.32 Å². The van der Waals surface area contributed by atoms with Crippen molar-refractivity contribution in [2.75, 3.05) is 5.32 Å². The first-order valence-electron chi connectivity index (χ1n) is 7.19. The summed E-state index contributed by atoms with van der Waals surface area (Å²) in [6.07, 6.45) is 6.24. The highest BCUT2D eigenvalue weighted by Crippen LogP contribution is 2.31. The molecule has 22 heavy (non-hydrogen) atoms. The minimum absolute atomic E-state index is 0.626. The Labute approximate surface area is 136 Å². The van der Waals surface area contributed by atoms with Gasteiger partial charge in [0.2, 0.25) is 5.13 Å². The van der Waals surface area contributed by atoms with E-state index in [1.165, 1.54) is 18.4 Å². The molecule has 0 saturated heterocycles. The Morgan fingerprint density at radius 1 is 1.23 bits per heavy atom. The number of benzene rings is 1. The van der Waals surface area contributed by atoms with Crippen molar-refractivity contribution in [1.82, 2.24) is 20.0 Å². The van der Waals surface area contributed by atoms with Crippen LogP contribution in [0.5, 0.6) is 0 Å². The molecule has 2 heterocycles. The molecule has 0 amide bonds. The zero-order valence-electron chi connectivity index (χ0n) is 11.8. The van der Waals surface area contributed by atoms with Crippen LogP contribution in [0.4, 0.5) is 5.13 Å². The van der Waals surface area contributed by atoms with Crippen LogP contribution >= 0.6 is 23.1 Å². The van der Waals surface area contributed by atoms with Crippen molar-refractivity contribution in [3.63, 3.8) is 0 Å². The van der Waals surface area contributed by atoms with Gasteiger partial charge in [0, 0.05) is 24.2 Å². The quantitative estimate of drug-likeness (QED) is 0.700. The summed E-state index contributed by atoms with van der Waals surface area (Å²) < 4.78 is 2.87. The van der Waals surface area contributed by atoms with Gasteiger partial charge in [0.15, 0.2) is 4.34 Å². The van der Waals surface area contributed by atoms with Gasteiger partial charge in [-0.1, -0.05) is 35.2 Å². The predicted molar refractivity (Wildman–Crippen MR) is 89.7 cm³/mol. The third-order valence-electron chi connectivity index (χ3n) is 3.38. The summed E-state index contributed by atoms with van der Waals surface area (Å²) in [6, 6.07) is 11.0. The molecule has 1 fully saturated rings. The van der Waals surface area contributed by atoms with Crippen LogP contribution in [-0.2, 0) is 5.75 Å². The summed E-state index contributed by atoms with van der Waals surface area (Å²) in [4.78, 5) is 0. The summed E-state index contributed by atoms with van der Waals surface area (Å²) >= 11 is 3.36. The van der Waals surface area contributed by atoms with Crippen LogP contribution in [0.3, 0.4) is 0 Å². The van der Waals surface area contributed by atoms with Crippen molar-refractivity contribution in [3.05, 3.63) is 48.3 Å². The van der Waals surface area contributed by atoms with Gasteiger partial charge in [-0.25, -0.2) is 4.68 Å². The van der Waals surface area contributed by atoms with Gasteiger partial charge in [0.25, 0.3) is 0 Å². The number of aromatic nitrogens is 4. The molecule has 1 N–H and O–H groups in total. The van der Waals surface area contributed by atoms with Crippen LogP contribution in [0.15, 0.2) is 47.1 Å². The Kier molecular flexibility index (Phi) is 3.82. The summed E-state index contributed by atoms with van der Waals surface area (Å²) in [7, 11) is 0. The van der Waals surface area contributed by atoms with E-state index in [9.17, 15) is 0 Å². The van der Waals surface area contributed by atoms with E-state index < -0.39 is 0 Å². The second kappa shape index (κ2) is 6.10. The van der Waals surface area contributed by atoms with Crippen LogP contribution in [0.2, 0.25) is 0 Å². The average molecular weight is 329 g/mol. The topological polar surface area (TPSA) is 55.6 Å². The van der Waals surface area contributed by atoms with Crippen LogP contribution in [0.25, 0.3) is 5.69 Å². The van der Waals surface area contributed by atoms with E-state index in [-0.39, 0.29) is 0 Å². The molecule has 1 saturated carbocycles. The van der Waals surface area contributed by atoms with E-state index in [2.05, 4.69) is 44.9 Å². The number of hydrogen-bond donors (Lipinski definition) is 1. The normalized spacial score (nSPS) is 14.2. The monoisotopic (exact) mass is 329 g/mol. The van der Waals surface area contributed by atoms with E-state index in [0.717, 1.165) is 20.9 Å². The highest BCUT2D eigenvalue weighted by molar-refractivity contribution is 8.00. The van der Waals surface area contributed by atoms with Crippen molar-refractivity contribution in [2.24, 2.45) is 0 Å². The first-order valence-corrected chi connectivity index (χ1v) is 8.99. The lowest BCUT2D eigenvalue weighted by Crippen LogP contribution is -1.99. The van der Waals surface area contributed by atoms with E-state index >= 15 is 0 Å². The molecular weight excluding hydrogens is 314 g/mol. The van der Waals surface area contributed by atoms with Gasteiger partial charge in [-0.2, -0.15) is 5.10 Å². The highest BCUT2D eigenvalue weighted by atomic mass is 32.2. The Hall–Kier alpha value is -1.86. The molecule has 2 aromatic heterocycles. The molecule has 3 aromatic rings. The zero-order valence-corrected chi connectivity index (χ0v) is 13.5. The van der Waals surface area contributed by atoms with Crippen LogP contribution in [0, 0.1) is 0 Å². The number of anilines is 1. The molecular formula is C15H15N5S2. The van der Waals surface area contributed by atoms with Crippen molar-refractivity contribution in [3.8, 4) is 5.69 Å². The van der Waals surface area contributed by atoms with E-state index in [1.807, 2.05) is 16.9 Å². The number of rotatable bonds is 6. The van der Waals surface area contributed by atoms with Crippen LogP contribution in [0.1, 0.15) is 18.4 Å². The van der Waals surface area contributed by atoms with E-state index in [0.29, 0.717) is 6.04 Å². The average Bonchev–Trinajstić information content (AvgIpc) is 3.03. The molecule has 4 rings (SSSR count). The molecule has 0 atom stereocenters. The van der Waals surface area contributed by atoms with Gasteiger partial charge >= 0.3 is 0 Å². The van der Waals surface area contributed by atoms with Gasteiger partial charge in [-0.05, 0) is 36.6 Å². The Morgan fingerprint density at radius 2 is 2.09 bits per heavy atom. The Morgan fingerprint density at radius 3 is 2.82 bits per heavy atom. The lowest BCUT2D eigenvalue weighted by Gasteiger charge is -2.03. The molecule has 0 aliphatic heterocycles. The molecule has 0 spiro atoms. The molecule has 5 nitrogen and oxygen atoms in total. The molecule has 1 aromatic carbocycles. The van der Waals surface area contributed by atoms with Crippen molar-refractivity contribution in [2.45, 2.75) is 29.0 Å². The number of nitrogens with zero attached hydrogens (tertiary/aromatic N) is 4. The van der Waals surface area contributed by atoms with Gasteiger partial charge in [0.1, 0.15) is 0 Å². The minimum atomic E-state index is 0.626. The van der Waals surface area contributed by atoms with Crippen molar-refractivity contribution < 1.29 is 0 Å². The first-order chi connectivity index (χ1) is 10.9. The lowest BCUT2D eigenvalue weighted by molar-refractivity contribution is 0.880. The number of thioether (sulfide) groups is 1. The molecule has 7 heteroatoms. The standard InChI is InChI=1S/C15H15N5S2/c1-8-16-20(9-1)13-6-2-11(3-7-13)10-21-15-19-18-14(22-15)17-12-4-5-12/h1-3,6-9,12H,4-5,10H2,(H,17,18). The maximum absolute atomic E-state index is 4.23. The van der Waals surface area contributed by atoms with Crippen LogP contribution < -0.4 is 5.32 Å². The van der Waals surface area contributed by atoms with Crippen molar-refractivity contribution >= 4 is 28.2 Å². The summed E-state index contributed by atoms with van der Waals surface area (Å²) in [5.41, 5.74) is 2.35. The minimum Gasteiger partial charge on any atom is -0.357 e. The Bertz CT molecular complexity index is 732. The third-order valence-corrected chi connectivity index (χ3v) is 5.44. The fourth-order valence-electron chi connectivity index (χ4n) is 2.04. The van der Waals surface area contributed by atoms with E-state index in [4.69, 9.17) is 0 Å². The predicted octanol–water partition coefficient (Wildman–Crippen LogP) is 3.59. The van der Waals surface area contributed by atoms with Gasteiger partial charge in [-0.3, -0.25) is 0 Å². The fraction of sp³-hybridized carbons (Fsp3) is 0.267. The van der Waals surface area contributed by atoms with Gasteiger partial charge in [0.05, 0.1) is 5.69 Å². The third kappa shape index (κ3) is 3.31. The number of hydrogen-bond acceptors (Lipinski definition) is 6. The summed E-state index contributed by atoms with van der Waals surface area (Å²) in [6.45, 7) is 0. The van der Waals surface area contributed by atoms with Crippen molar-refractivity contribution in [1.29, 1.82) is 0 Å². The largest absolute Gasteiger partial charge is 0.357 e. The first kappa shape index (κ1) is 13.8. The van der Waals surface area contributed by atoms with E-state index in [1.54, 1.807) is 29.3 Å². The SMILES string of the molecule is c1cnn(-c2ccc(CSc3nnc(NC4CC4)s3)cc2)c1. The van der Waals surface area contributed by atoms with Gasteiger partial charge in [-0.15, -0.1) is 10.2 Å². The molecule has 112 valence electrons. The fourth-order valence-corrected chi connectivity index (χ4v) is 3.82. The second-order valence-corrected chi connectivity index (χ2v) is 7.40. The molecule has 1 aliphatic carbocycles. The van der Waals surface area contributed by atoms with Crippen LogP contribution in [-0.4, -0.2) is 26.0 Å². The molecule has 0 bridgehead atoms. The smallest absolute Gasteiger partial charge is 0.206 e. The maximum atomic E-state index is 4.23. The maximum Gasteiger partial charge on any atom is 0.206 e. The Balaban J connectivity index is 1.35. The number of nitrogens with one attached hydrogen (secondary N) is 1. The molecule has 0 radical (unpaired) electrons.